The number of carbonyl (C=O) groups excluding carboxylic acids is 1. The minimum atomic E-state index is 0.164. The Labute approximate surface area is 186 Å². The molecule has 0 unspecified atom stereocenters. The number of hydrogen-bond donors (Lipinski definition) is 0. The number of nitrogens with zero attached hydrogens (tertiary/aromatic N) is 3. The van der Waals surface area contributed by atoms with Crippen LogP contribution >= 0.6 is 22.6 Å². The Morgan fingerprint density at radius 3 is 2.59 bits per heavy atom. The first-order chi connectivity index (χ1) is 14.1. The molecule has 0 N–H and O–H groups in total. The molecule has 2 aliphatic rings. The van der Waals surface area contributed by atoms with Gasteiger partial charge in [-0.1, -0.05) is 42.2 Å². The fourth-order valence-corrected chi connectivity index (χ4v) is 4.22. The van der Waals surface area contributed by atoms with Crippen molar-refractivity contribution >= 4 is 28.5 Å². The van der Waals surface area contributed by atoms with Crippen molar-refractivity contribution < 1.29 is 4.79 Å². The maximum absolute atomic E-state index is 13.2. The maximum atomic E-state index is 13.2. The third-order valence-electron chi connectivity index (χ3n) is 5.38. The van der Waals surface area contributed by atoms with E-state index >= 15 is 0 Å². The second-order valence-corrected chi connectivity index (χ2v) is 8.77. The van der Waals surface area contributed by atoms with Gasteiger partial charge in [-0.3, -0.25) is 9.69 Å². The van der Waals surface area contributed by atoms with E-state index in [1.54, 1.807) is 0 Å². The van der Waals surface area contributed by atoms with Crippen molar-refractivity contribution in [3.05, 3.63) is 80.6 Å². The molecule has 2 aromatic rings. The smallest absolute Gasteiger partial charge is 0.254 e. The number of halogens is 1. The van der Waals surface area contributed by atoms with Gasteiger partial charge in [-0.05, 0) is 52.4 Å². The van der Waals surface area contributed by atoms with E-state index in [9.17, 15) is 4.79 Å². The molecule has 0 spiro atoms. The van der Waals surface area contributed by atoms with Gasteiger partial charge >= 0.3 is 0 Å². The molecule has 29 heavy (non-hydrogen) atoms. The topological polar surface area (TPSA) is 26.8 Å². The largest absolute Gasteiger partial charge is 0.360 e. The quantitative estimate of drug-likeness (QED) is 0.480. The fraction of sp³-hybridized carbons (Fsp3) is 0.292. The molecule has 4 rings (SSSR count). The molecule has 5 heteroatoms. The lowest BCUT2D eigenvalue weighted by molar-refractivity contribution is -0.131. The van der Waals surface area contributed by atoms with Crippen LogP contribution in [0.25, 0.3) is 0 Å². The van der Waals surface area contributed by atoms with Gasteiger partial charge in [0, 0.05) is 47.9 Å². The van der Waals surface area contributed by atoms with E-state index in [2.05, 4.69) is 75.5 Å². The molecule has 148 valence electrons. The van der Waals surface area contributed by atoms with Gasteiger partial charge in [0.1, 0.15) is 0 Å². The molecule has 0 aliphatic carbocycles. The van der Waals surface area contributed by atoms with Crippen molar-refractivity contribution in [2.45, 2.75) is 13.0 Å². The van der Waals surface area contributed by atoms with E-state index in [1.165, 1.54) is 9.27 Å². The third kappa shape index (κ3) is 4.82. The minimum Gasteiger partial charge on any atom is -0.360 e. The van der Waals surface area contributed by atoms with Crippen LogP contribution in [-0.2, 0) is 11.3 Å². The van der Waals surface area contributed by atoms with Crippen molar-refractivity contribution in [1.29, 1.82) is 0 Å². The molecule has 0 radical (unpaired) electrons. The van der Waals surface area contributed by atoms with E-state index < -0.39 is 0 Å². The van der Waals surface area contributed by atoms with Crippen LogP contribution in [0.2, 0.25) is 0 Å². The highest BCUT2D eigenvalue weighted by Crippen LogP contribution is 2.27. The average molecular weight is 497 g/mol. The van der Waals surface area contributed by atoms with E-state index in [4.69, 9.17) is 0 Å². The molecular formula is C24H24IN3O. The molecule has 0 saturated carbocycles. The summed E-state index contributed by atoms with van der Waals surface area (Å²) in [7, 11) is 2.09. The van der Waals surface area contributed by atoms with Gasteiger partial charge in [-0.15, -0.1) is 0 Å². The summed E-state index contributed by atoms with van der Waals surface area (Å²) in [5, 5.41) is 0. The second-order valence-electron chi connectivity index (χ2n) is 7.52. The van der Waals surface area contributed by atoms with Crippen LogP contribution in [0, 0.1) is 15.4 Å². The summed E-state index contributed by atoms with van der Waals surface area (Å²) in [6.45, 7) is 3.59. The zero-order valence-corrected chi connectivity index (χ0v) is 18.7. The Morgan fingerprint density at radius 2 is 1.83 bits per heavy atom. The first-order valence-electron chi connectivity index (χ1n) is 9.83. The first kappa shape index (κ1) is 20.0. The molecule has 2 aliphatic heterocycles. The summed E-state index contributed by atoms with van der Waals surface area (Å²) in [6.07, 6.45) is 0.905. The van der Waals surface area contributed by atoms with Gasteiger partial charge in [0.25, 0.3) is 5.91 Å². The Bertz CT molecular complexity index is 973. The fourth-order valence-electron chi connectivity index (χ4n) is 3.86. The normalized spacial score (nSPS) is 17.1. The summed E-state index contributed by atoms with van der Waals surface area (Å²) in [6, 6.07) is 18.4. The van der Waals surface area contributed by atoms with Crippen LogP contribution in [0.3, 0.4) is 0 Å². The Kier molecular flexibility index (Phi) is 6.22. The Morgan fingerprint density at radius 1 is 1.07 bits per heavy atom. The Hall–Kier alpha value is -2.30. The van der Waals surface area contributed by atoms with Crippen LogP contribution in [0.15, 0.2) is 65.9 Å². The van der Waals surface area contributed by atoms with Crippen LogP contribution < -0.4 is 0 Å². The van der Waals surface area contributed by atoms with Crippen LogP contribution in [0.4, 0.5) is 0 Å². The number of hydrogen-bond acceptors (Lipinski definition) is 3. The molecule has 0 fully saturated rings. The van der Waals surface area contributed by atoms with Crippen molar-refractivity contribution in [2.75, 3.05) is 33.4 Å². The summed E-state index contributed by atoms with van der Waals surface area (Å²) in [5.74, 6) is 6.64. The SMILES string of the molecule is CN1CN(Cc2ccc(I)cc2)C(=O)C2=C1CCN(CC#Cc1ccccc1)C2. The predicted octanol–water partition coefficient (Wildman–Crippen LogP) is 3.53. The average Bonchev–Trinajstić information content (AvgIpc) is 2.74. The van der Waals surface area contributed by atoms with Gasteiger partial charge in [-0.25, -0.2) is 0 Å². The number of rotatable bonds is 3. The number of carbonyl (C=O) groups is 1. The van der Waals surface area contributed by atoms with Gasteiger partial charge in [0.2, 0.25) is 0 Å². The van der Waals surface area contributed by atoms with Crippen molar-refractivity contribution in [1.82, 2.24) is 14.7 Å². The van der Waals surface area contributed by atoms with Gasteiger partial charge in [0.15, 0.2) is 0 Å². The lowest BCUT2D eigenvalue weighted by Gasteiger charge is -2.42. The summed E-state index contributed by atoms with van der Waals surface area (Å²) < 4.78 is 1.21. The highest BCUT2D eigenvalue weighted by atomic mass is 127. The summed E-state index contributed by atoms with van der Waals surface area (Å²) >= 11 is 2.30. The first-order valence-corrected chi connectivity index (χ1v) is 10.9. The highest BCUT2D eigenvalue weighted by molar-refractivity contribution is 14.1. The van der Waals surface area contributed by atoms with Crippen molar-refractivity contribution in [3.8, 4) is 11.8 Å². The monoisotopic (exact) mass is 497 g/mol. The predicted molar refractivity (Wildman–Crippen MR) is 124 cm³/mol. The molecule has 1 amide bonds. The summed E-state index contributed by atoms with van der Waals surface area (Å²) in [4.78, 5) is 19.6. The zero-order valence-electron chi connectivity index (χ0n) is 16.6. The van der Waals surface area contributed by atoms with E-state index in [0.717, 1.165) is 29.7 Å². The van der Waals surface area contributed by atoms with Gasteiger partial charge < -0.3 is 9.80 Å². The number of amides is 1. The molecular weight excluding hydrogens is 473 g/mol. The molecule has 0 aromatic heterocycles. The lowest BCUT2D eigenvalue weighted by Crippen LogP contribution is -2.50. The molecule has 0 saturated heterocycles. The highest BCUT2D eigenvalue weighted by Gasteiger charge is 2.33. The van der Waals surface area contributed by atoms with Crippen LogP contribution in [-0.4, -0.2) is 54.0 Å². The second kappa shape index (κ2) is 9.02. The van der Waals surface area contributed by atoms with Gasteiger partial charge in [0.05, 0.1) is 18.8 Å². The third-order valence-corrected chi connectivity index (χ3v) is 6.10. The lowest BCUT2D eigenvalue weighted by atomic mass is 10.0. The van der Waals surface area contributed by atoms with Crippen molar-refractivity contribution in [3.63, 3.8) is 0 Å². The Balaban J connectivity index is 1.44. The number of benzene rings is 2. The van der Waals surface area contributed by atoms with Crippen LogP contribution in [0.5, 0.6) is 0 Å². The van der Waals surface area contributed by atoms with Crippen LogP contribution in [0.1, 0.15) is 17.5 Å². The minimum absolute atomic E-state index is 0.164. The zero-order chi connectivity index (χ0) is 20.2. The molecule has 2 aromatic carbocycles. The van der Waals surface area contributed by atoms with Crippen molar-refractivity contribution in [2.24, 2.45) is 0 Å². The van der Waals surface area contributed by atoms with E-state index in [0.29, 0.717) is 26.3 Å². The molecule has 0 bridgehead atoms. The standard InChI is InChI=1S/C24H24IN3O/c1-26-18-28(16-20-9-11-21(25)12-10-20)24(29)22-17-27(15-13-23(22)26)14-5-8-19-6-3-2-4-7-19/h2-4,6-7,9-12H,13-18H2,1H3. The van der Waals surface area contributed by atoms with E-state index in [-0.39, 0.29) is 5.91 Å². The van der Waals surface area contributed by atoms with E-state index in [1.807, 2.05) is 35.2 Å². The maximum Gasteiger partial charge on any atom is 0.254 e. The van der Waals surface area contributed by atoms with Gasteiger partial charge in [-0.2, -0.15) is 0 Å². The molecule has 2 heterocycles. The molecule has 0 atom stereocenters. The summed E-state index contributed by atoms with van der Waals surface area (Å²) in [5.41, 5.74) is 4.32. The molecule has 4 nitrogen and oxygen atoms in total.